The quantitative estimate of drug-likeness (QED) is 0.185. The number of likely N-dealkylation sites (tertiary alicyclic amines) is 1. The van der Waals surface area contributed by atoms with Crippen molar-refractivity contribution in [1.29, 1.82) is 0 Å². The van der Waals surface area contributed by atoms with E-state index in [1.807, 2.05) is 54.9 Å². The summed E-state index contributed by atoms with van der Waals surface area (Å²) < 4.78 is 29.6. The molecule has 1 unspecified atom stereocenters. The Kier molecular flexibility index (Phi) is 8.17. The Bertz CT molecular complexity index is 2000. The molecule has 1 saturated heterocycles. The third-order valence-electron chi connectivity index (χ3n) is 8.85. The van der Waals surface area contributed by atoms with E-state index in [-0.39, 0.29) is 17.9 Å². The zero-order valence-electron chi connectivity index (χ0n) is 26.3. The first-order chi connectivity index (χ1) is 22.7. The number of fused-ring (bicyclic) bond motifs is 5. The number of thiazole rings is 1. The molecule has 3 aromatic heterocycles. The first-order valence-corrected chi connectivity index (χ1v) is 16.8. The molecular weight excluding hydrogens is 643 g/mol. The van der Waals surface area contributed by atoms with Gasteiger partial charge in [0.05, 0.1) is 51.7 Å². The second-order valence-electron chi connectivity index (χ2n) is 12.1. The van der Waals surface area contributed by atoms with Crippen molar-refractivity contribution in [1.82, 2.24) is 29.7 Å². The maximum Gasteiger partial charge on any atom is 0.407 e. The summed E-state index contributed by atoms with van der Waals surface area (Å²) in [6.07, 6.45) is 4.56. The van der Waals surface area contributed by atoms with Crippen LogP contribution in [0.4, 0.5) is 9.18 Å². The number of nitrogens with zero attached hydrogens (tertiary/aromatic N) is 4. The standard InChI is InChI=1S/C34H34ClFN6O4S/c1-5-28-37-16-27(47-28)33-42-23-9-8-20(35)11-19(23)13-25(42)29-21(36)12-18(14-26(29)46-33)22-15-38-31(39-22)24-7-6-10-41(24)32(43)30(17(2)3)40-34(44)45-4/h8-9,11-17,24,30,33H,5-7,10H2,1-4H3,(H,38,39)(H,40,44)/t24-,30-,33?/m0/s1. The fourth-order valence-electron chi connectivity index (χ4n) is 6.54. The van der Waals surface area contributed by atoms with Crippen LogP contribution in [0, 0.1) is 11.7 Å². The third kappa shape index (κ3) is 5.53. The number of nitrogens with one attached hydrogen (secondary N) is 2. The van der Waals surface area contributed by atoms with Gasteiger partial charge in [0.15, 0.2) is 0 Å². The monoisotopic (exact) mass is 676 g/mol. The Morgan fingerprint density at radius 3 is 2.79 bits per heavy atom. The topological polar surface area (TPSA) is 114 Å². The molecule has 2 amide bonds. The number of hydrogen-bond acceptors (Lipinski definition) is 7. The summed E-state index contributed by atoms with van der Waals surface area (Å²) in [5.74, 6) is 0.215. The molecule has 0 spiro atoms. The van der Waals surface area contributed by atoms with Crippen molar-refractivity contribution in [2.75, 3.05) is 13.7 Å². The largest absolute Gasteiger partial charge is 0.464 e. The van der Waals surface area contributed by atoms with Crippen LogP contribution >= 0.6 is 22.9 Å². The molecule has 0 saturated carbocycles. The maximum atomic E-state index is 16.2. The average Bonchev–Trinajstić information content (AvgIpc) is 3.87. The molecule has 2 N–H and O–H groups in total. The molecule has 2 aliphatic heterocycles. The minimum Gasteiger partial charge on any atom is -0.464 e. The lowest BCUT2D eigenvalue weighted by atomic mass is 10.0. The van der Waals surface area contributed by atoms with Gasteiger partial charge >= 0.3 is 6.09 Å². The number of aryl methyl sites for hydroxylation is 1. The van der Waals surface area contributed by atoms with Gasteiger partial charge in [-0.3, -0.25) is 9.36 Å². The SMILES string of the molecule is CCc1ncc(C2Oc3cc(-c4cnc([C@@H]5CCCN5C(=O)[C@@H](NC(=O)OC)C(C)C)[nH]4)cc(F)c3-c3cc4cc(Cl)ccc4n32)s1. The van der Waals surface area contributed by atoms with Crippen molar-refractivity contribution >= 4 is 45.8 Å². The van der Waals surface area contributed by atoms with Crippen molar-refractivity contribution < 1.29 is 23.5 Å². The highest BCUT2D eigenvalue weighted by Crippen LogP contribution is 2.48. The van der Waals surface area contributed by atoms with E-state index in [0.717, 1.165) is 33.6 Å². The summed E-state index contributed by atoms with van der Waals surface area (Å²) in [4.78, 5) is 40.7. The second-order valence-corrected chi connectivity index (χ2v) is 13.7. The number of aromatic nitrogens is 4. The van der Waals surface area contributed by atoms with Gasteiger partial charge in [-0.05, 0) is 61.6 Å². The number of rotatable bonds is 7. The molecule has 3 atom stereocenters. The number of imidazole rings is 1. The summed E-state index contributed by atoms with van der Waals surface area (Å²) in [6, 6.07) is 9.80. The Labute approximate surface area is 279 Å². The van der Waals surface area contributed by atoms with E-state index in [2.05, 4.69) is 27.2 Å². The molecule has 5 heterocycles. The molecule has 13 heteroatoms. The van der Waals surface area contributed by atoms with E-state index in [4.69, 9.17) is 21.1 Å². The van der Waals surface area contributed by atoms with Crippen molar-refractivity contribution in [3.05, 3.63) is 75.3 Å². The number of hydrogen-bond donors (Lipinski definition) is 2. The average molecular weight is 677 g/mol. The summed E-state index contributed by atoms with van der Waals surface area (Å²) in [5, 5.41) is 5.13. The molecule has 0 aliphatic carbocycles. The first-order valence-electron chi connectivity index (χ1n) is 15.6. The number of methoxy groups -OCH3 is 1. The maximum absolute atomic E-state index is 16.2. The lowest BCUT2D eigenvalue weighted by Gasteiger charge is -2.30. The van der Waals surface area contributed by atoms with Gasteiger partial charge in [0.1, 0.15) is 23.4 Å². The second kappa shape index (κ2) is 12.3. The smallest absolute Gasteiger partial charge is 0.407 e. The van der Waals surface area contributed by atoms with E-state index >= 15 is 4.39 Å². The molecule has 10 nitrogen and oxygen atoms in total. The van der Waals surface area contributed by atoms with Crippen molar-refractivity contribution in [2.45, 2.75) is 58.3 Å². The Morgan fingerprint density at radius 2 is 2.04 bits per heavy atom. The normalized spacial score (nSPS) is 17.8. The summed E-state index contributed by atoms with van der Waals surface area (Å²) in [5.41, 5.74) is 3.09. The van der Waals surface area contributed by atoms with Crippen LogP contribution < -0.4 is 10.1 Å². The van der Waals surface area contributed by atoms with E-state index in [1.54, 1.807) is 22.4 Å². The molecule has 2 aliphatic rings. The minimum atomic E-state index is -0.740. The predicted molar refractivity (Wildman–Crippen MR) is 178 cm³/mol. The molecule has 5 aromatic rings. The minimum absolute atomic E-state index is 0.147. The van der Waals surface area contributed by atoms with E-state index in [0.29, 0.717) is 52.1 Å². The van der Waals surface area contributed by atoms with E-state index < -0.39 is 24.2 Å². The van der Waals surface area contributed by atoms with Gasteiger partial charge < -0.3 is 24.7 Å². The van der Waals surface area contributed by atoms with Crippen LogP contribution in [0.15, 0.2) is 48.8 Å². The van der Waals surface area contributed by atoms with Crippen LogP contribution in [0.3, 0.4) is 0 Å². The van der Waals surface area contributed by atoms with Crippen LogP contribution in [0.5, 0.6) is 5.75 Å². The summed E-state index contributed by atoms with van der Waals surface area (Å²) in [6.45, 7) is 6.34. The number of benzene rings is 2. The van der Waals surface area contributed by atoms with Crippen LogP contribution in [0.25, 0.3) is 33.4 Å². The zero-order chi connectivity index (χ0) is 33.0. The summed E-state index contributed by atoms with van der Waals surface area (Å²) in [7, 11) is 1.27. The highest BCUT2D eigenvalue weighted by atomic mass is 35.5. The number of carbonyl (C=O) groups is 2. The zero-order valence-corrected chi connectivity index (χ0v) is 27.9. The van der Waals surface area contributed by atoms with E-state index in [9.17, 15) is 9.59 Å². The molecule has 7 rings (SSSR count). The van der Waals surface area contributed by atoms with Crippen LogP contribution in [0.1, 0.15) is 61.6 Å². The molecule has 47 heavy (non-hydrogen) atoms. The first kappa shape index (κ1) is 31.2. The Balaban J connectivity index is 1.24. The number of amides is 2. The molecule has 0 radical (unpaired) electrons. The number of ether oxygens (including phenoxy) is 2. The number of carbonyl (C=O) groups excluding carboxylic acids is 2. The number of aromatic amines is 1. The fourth-order valence-corrected chi connectivity index (χ4v) is 7.60. The molecule has 2 aromatic carbocycles. The van der Waals surface area contributed by atoms with Crippen molar-refractivity contribution in [3.8, 4) is 28.3 Å². The fraction of sp³-hybridized carbons (Fsp3) is 0.353. The molecule has 244 valence electrons. The number of H-pyrrole nitrogens is 1. The van der Waals surface area contributed by atoms with Crippen molar-refractivity contribution in [2.24, 2.45) is 5.92 Å². The highest BCUT2D eigenvalue weighted by Gasteiger charge is 2.38. The molecular formula is C34H34ClFN6O4S. The van der Waals surface area contributed by atoms with Gasteiger partial charge in [0.2, 0.25) is 12.1 Å². The van der Waals surface area contributed by atoms with Gasteiger partial charge in [0, 0.05) is 28.7 Å². The van der Waals surface area contributed by atoms with Crippen molar-refractivity contribution in [3.63, 3.8) is 0 Å². The third-order valence-corrected chi connectivity index (χ3v) is 10.3. The van der Waals surface area contributed by atoms with Crippen LogP contribution in [0.2, 0.25) is 5.02 Å². The lowest BCUT2D eigenvalue weighted by molar-refractivity contribution is -0.135. The van der Waals surface area contributed by atoms with E-state index in [1.165, 1.54) is 13.2 Å². The molecule has 1 fully saturated rings. The van der Waals surface area contributed by atoms with Gasteiger partial charge in [-0.15, -0.1) is 11.3 Å². The van der Waals surface area contributed by atoms with Gasteiger partial charge in [-0.1, -0.05) is 32.4 Å². The Hall–Kier alpha value is -4.42. The number of halogens is 2. The highest BCUT2D eigenvalue weighted by molar-refractivity contribution is 7.11. The molecule has 0 bridgehead atoms. The number of alkyl carbamates (subject to hydrolysis) is 1. The lowest BCUT2D eigenvalue weighted by Crippen LogP contribution is -2.51. The van der Waals surface area contributed by atoms with Crippen LogP contribution in [-0.2, 0) is 16.0 Å². The van der Waals surface area contributed by atoms with Gasteiger partial charge in [-0.2, -0.15) is 0 Å². The van der Waals surface area contributed by atoms with Gasteiger partial charge in [-0.25, -0.2) is 19.2 Å². The van der Waals surface area contributed by atoms with Gasteiger partial charge in [0.25, 0.3) is 0 Å². The Morgan fingerprint density at radius 1 is 1.21 bits per heavy atom. The van der Waals surface area contributed by atoms with Crippen LogP contribution in [-0.4, -0.2) is 56.1 Å². The predicted octanol–water partition coefficient (Wildman–Crippen LogP) is 7.49. The summed E-state index contributed by atoms with van der Waals surface area (Å²) >= 11 is 7.90.